The maximum absolute atomic E-state index is 12.6. The number of benzene rings is 1. The molecule has 1 N–H and O–H groups in total. The standard InChI is InChI=1S/C20H22N2O5S/c1-12(2)27-20(24)18-15-5-3-4-6-16(15)28-19(18)21-17(23)11-13-7-9-14(10-8-13)22(25)26/h7-10,12H,3-6,11H2,1-2H3,(H,21,23). The predicted octanol–water partition coefficient (Wildman–Crippen LogP) is 4.28. The monoisotopic (exact) mass is 402 g/mol. The van der Waals surface area contributed by atoms with Gasteiger partial charge < -0.3 is 10.1 Å². The molecule has 2 aromatic rings. The summed E-state index contributed by atoms with van der Waals surface area (Å²) in [5.74, 6) is -0.675. The summed E-state index contributed by atoms with van der Waals surface area (Å²) in [4.78, 5) is 36.5. The average Bonchev–Trinajstić information content (AvgIpc) is 2.99. The van der Waals surface area contributed by atoms with Crippen molar-refractivity contribution in [1.29, 1.82) is 0 Å². The molecule has 0 fully saturated rings. The lowest BCUT2D eigenvalue weighted by Gasteiger charge is -2.14. The van der Waals surface area contributed by atoms with E-state index < -0.39 is 10.9 Å². The highest BCUT2D eigenvalue weighted by Gasteiger charge is 2.27. The van der Waals surface area contributed by atoms with Crippen LogP contribution in [-0.2, 0) is 28.8 Å². The maximum Gasteiger partial charge on any atom is 0.341 e. The van der Waals surface area contributed by atoms with Gasteiger partial charge >= 0.3 is 5.97 Å². The number of hydrogen-bond donors (Lipinski definition) is 1. The predicted molar refractivity (Wildman–Crippen MR) is 107 cm³/mol. The second-order valence-corrected chi connectivity index (χ2v) is 8.12. The molecule has 0 radical (unpaired) electrons. The molecule has 0 saturated heterocycles. The highest BCUT2D eigenvalue weighted by Crippen LogP contribution is 2.38. The fraction of sp³-hybridized carbons (Fsp3) is 0.400. The molecule has 148 valence electrons. The number of carbonyl (C=O) groups excluding carboxylic acids is 2. The number of rotatable bonds is 6. The van der Waals surface area contributed by atoms with Gasteiger partial charge in [0.25, 0.3) is 5.69 Å². The number of hydrogen-bond acceptors (Lipinski definition) is 6. The summed E-state index contributed by atoms with van der Waals surface area (Å²) in [5, 5.41) is 14.1. The molecule has 0 bridgehead atoms. The number of amides is 1. The second-order valence-electron chi connectivity index (χ2n) is 7.02. The van der Waals surface area contributed by atoms with Gasteiger partial charge in [0.15, 0.2) is 0 Å². The number of esters is 1. The lowest BCUT2D eigenvalue weighted by atomic mass is 9.95. The lowest BCUT2D eigenvalue weighted by Crippen LogP contribution is -2.18. The molecule has 28 heavy (non-hydrogen) atoms. The number of carbonyl (C=O) groups is 2. The smallest absolute Gasteiger partial charge is 0.341 e. The molecule has 1 heterocycles. The summed E-state index contributed by atoms with van der Waals surface area (Å²) in [5.41, 5.74) is 2.11. The Labute approximate surface area is 166 Å². The molecule has 7 nitrogen and oxygen atoms in total. The van der Waals surface area contributed by atoms with Crippen LogP contribution in [-0.4, -0.2) is 22.9 Å². The zero-order chi connectivity index (χ0) is 20.3. The van der Waals surface area contributed by atoms with Crippen molar-refractivity contribution in [3.63, 3.8) is 0 Å². The van der Waals surface area contributed by atoms with Gasteiger partial charge in [-0.25, -0.2) is 4.79 Å². The molecule has 0 aliphatic heterocycles. The first-order chi connectivity index (χ1) is 13.3. The van der Waals surface area contributed by atoms with Crippen LogP contribution in [0, 0.1) is 10.1 Å². The first-order valence-corrected chi connectivity index (χ1v) is 10.1. The van der Waals surface area contributed by atoms with Gasteiger partial charge in [0.2, 0.25) is 5.91 Å². The number of thiophene rings is 1. The molecule has 1 aromatic heterocycles. The molecule has 1 amide bonds. The average molecular weight is 402 g/mol. The Morgan fingerprint density at radius 1 is 1.21 bits per heavy atom. The Balaban J connectivity index is 1.78. The SMILES string of the molecule is CC(C)OC(=O)c1c(NC(=O)Cc2ccc([N+](=O)[O-])cc2)sc2c1CCCC2. The second kappa shape index (κ2) is 8.52. The van der Waals surface area contributed by atoms with E-state index >= 15 is 0 Å². The molecule has 8 heteroatoms. The number of fused-ring (bicyclic) bond motifs is 1. The van der Waals surface area contributed by atoms with Gasteiger partial charge in [-0.1, -0.05) is 12.1 Å². The van der Waals surface area contributed by atoms with E-state index in [0.29, 0.717) is 16.1 Å². The Morgan fingerprint density at radius 2 is 1.89 bits per heavy atom. The number of nitrogens with one attached hydrogen (secondary N) is 1. The molecule has 0 unspecified atom stereocenters. The summed E-state index contributed by atoms with van der Waals surface area (Å²) in [6, 6.07) is 5.87. The van der Waals surface area contributed by atoms with Gasteiger partial charge in [-0.2, -0.15) is 0 Å². The van der Waals surface area contributed by atoms with E-state index in [1.807, 2.05) is 0 Å². The molecule has 0 saturated carbocycles. The van der Waals surface area contributed by atoms with Crippen molar-refractivity contribution in [2.24, 2.45) is 0 Å². The minimum Gasteiger partial charge on any atom is -0.459 e. The number of aryl methyl sites for hydroxylation is 1. The molecule has 1 aromatic carbocycles. The van der Waals surface area contributed by atoms with Crippen LogP contribution in [0.3, 0.4) is 0 Å². The third-order valence-electron chi connectivity index (χ3n) is 4.48. The van der Waals surface area contributed by atoms with Crippen molar-refractivity contribution in [3.8, 4) is 0 Å². The van der Waals surface area contributed by atoms with Crippen LogP contribution in [0.25, 0.3) is 0 Å². The summed E-state index contributed by atoms with van der Waals surface area (Å²) in [6.45, 7) is 3.59. The summed E-state index contributed by atoms with van der Waals surface area (Å²) in [6.07, 6.45) is 3.63. The summed E-state index contributed by atoms with van der Waals surface area (Å²) < 4.78 is 5.39. The van der Waals surface area contributed by atoms with Crippen LogP contribution >= 0.6 is 11.3 Å². The fourth-order valence-electron chi connectivity index (χ4n) is 3.23. The van der Waals surface area contributed by atoms with Crippen molar-refractivity contribution < 1.29 is 19.2 Å². The number of anilines is 1. The van der Waals surface area contributed by atoms with Gasteiger partial charge in [-0.3, -0.25) is 14.9 Å². The van der Waals surface area contributed by atoms with Crippen LogP contribution in [0.5, 0.6) is 0 Å². The topological polar surface area (TPSA) is 98.5 Å². The molecular weight excluding hydrogens is 380 g/mol. The van der Waals surface area contributed by atoms with Gasteiger partial charge in [-0.15, -0.1) is 11.3 Å². The molecule has 1 aliphatic carbocycles. The number of nitrogens with zero attached hydrogens (tertiary/aromatic N) is 1. The minimum atomic E-state index is -0.480. The maximum atomic E-state index is 12.6. The van der Waals surface area contributed by atoms with Crippen LogP contribution < -0.4 is 5.32 Å². The summed E-state index contributed by atoms with van der Waals surface area (Å²) >= 11 is 1.44. The quantitative estimate of drug-likeness (QED) is 0.442. The Kier molecular flexibility index (Phi) is 6.08. The van der Waals surface area contributed by atoms with E-state index in [-0.39, 0.29) is 24.1 Å². The molecule has 1 aliphatic rings. The van der Waals surface area contributed by atoms with Crippen molar-refractivity contribution in [2.45, 2.75) is 52.1 Å². The minimum absolute atomic E-state index is 0.0196. The molecular formula is C20H22N2O5S. The Hall–Kier alpha value is -2.74. The zero-order valence-electron chi connectivity index (χ0n) is 15.8. The van der Waals surface area contributed by atoms with Gasteiger partial charge in [-0.05, 0) is 50.7 Å². The molecule has 3 rings (SSSR count). The van der Waals surface area contributed by atoms with E-state index in [1.54, 1.807) is 26.0 Å². The first kappa shape index (κ1) is 20.0. The third-order valence-corrected chi connectivity index (χ3v) is 5.69. The normalized spacial score (nSPS) is 13.1. The third kappa shape index (κ3) is 4.56. The fourth-order valence-corrected chi connectivity index (χ4v) is 4.53. The Bertz CT molecular complexity index is 902. The number of nitro benzene ring substituents is 1. The lowest BCUT2D eigenvalue weighted by molar-refractivity contribution is -0.384. The van der Waals surface area contributed by atoms with E-state index in [1.165, 1.54) is 23.5 Å². The molecule has 0 spiro atoms. The van der Waals surface area contributed by atoms with Gasteiger partial charge in [0.1, 0.15) is 5.00 Å². The highest BCUT2D eigenvalue weighted by atomic mass is 32.1. The highest BCUT2D eigenvalue weighted by molar-refractivity contribution is 7.17. The number of nitro groups is 1. The molecule has 0 atom stereocenters. The van der Waals surface area contributed by atoms with Crippen molar-refractivity contribution >= 4 is 33.9 Å². The van der Waals surface area contributed by atoms with Gasteiger partial charge in [0.05, 0.1) is 23.0 Å². The van der Waals surface area contributed by atoms with E-state index in [4.69, 9.17) is 4.74 Å². The van der Waals surface area contributed by atoms with Crippen LogP contribution in [0.2, 0.25) is 0 Å². The van der Waals surface area contributed by atoms with Crippen LogP contribution in [0.15, 0.2) is 24.3 Å². The van der Waals surface area contributed by atoms with Crippen molar-refractivity contribution in [1.82, 2.24) is 0 Å². The zero-order valence-corrected chi connectivity index (χ0v) is 16.6. The van der Waals surface area contributed by atoms with Crippen molar-refractivity contribution in [2.75, 3.05) is 5.32 Å². The number of non-ortho nitro benzene ring substituents is 1. The van der Waals surface area contributed by atoms with Crippen LogP contribution in [0.1, 0.15) is 53.1 Å². The van der Waals surface area contributed by atoms with E-state index in [9.17, 15) is 19.7 Å². The van der Waals surface area contributed by atoms with E-state index in [0.717, 1.165) is 36.1 Å². The van der Waals surface area contributed by atoms with Crippen LogP contribution in [0.4, 0.5) is 10.7 Å². The van der Waals surface area contributed by atoms with E-state index in [2.05, 4.69) is 5.32 Å². The number of ether oxygens (including phenoxy) is 1. The Morgan fingerprint density at radius 3 is 2.54 bits per heavy atom. The first-order valence-electron chi connectivity index (χ1n) is 9.24. The largest absolute Gasteiger partial charge is 0.459 e. The summed E-state index contributed by atoms with van der Waals surface area (Å²) in [7, 11) is 0. The van der Waals surface area contributed by atoms with Gasteiger partial charge in [0, 0.05) is 17.0 Å². The van der Waals surface area contributed by atoms with Crippen molar-refractivity contribution in [3.05, 3.63) is 55.9 Å².